The van der Waals surface area contributed by atoms with E-state index >= 15 is 0 Å². The number of fused-ring (bicyclic) bond motifs is 1. The number of benzene rings is 2. The lowest BCUT2D eigenvalue weighted by atomic mass is 10.1. The maximum Gasteiger partial charge on any atom is 0.272 e. The lowest BCUT2D eigenvalue weighted by molar-refractivity contribution is 0.0956. The molecule has 3 aromatic rings. The zero-order valence-electron chi connectivity index (χ0n) is 14.4. The lowest BCUT2D eigenvalue weighted by Gasteiger charge is -2.07. The Labute approximate surface area is 146 Å². The van der Waals surface area contributed by atoms with Crippen LogP contribution in [-0.4, -0.2) is 24.2 Å². The fourth-order valence-corrected chi connectivity index (χ4v) is 2.58. The highest BCUT2D eigenvalue weighted by molar-refractivity contribution is 6.06. The molecule has 0 unspecified atom stereocenters. The molecule has 0 bridgehead atoms. The van der Waals surface area contributed by atoms with Gasteiger partial charge in [0.15, 0.2) is 0 Å². The van der Waals surface area contributed by atoms with Gasteiger partial charge in [-0.25, -0.2) is 5.43 Å². The molecule has 0 fully saturated rings. The molecule has 1 heterocycles. The van der Waals surface area contributed by atoms with Gasteiger partial charge in [0.1, 0.15) is 5.75 Å². The molecule has 1 aromatic heterocycles. The summed E-state index contributed by atoms with van der Waals surface area (Å²) in [6.07, 6.45) is 1.60. The molecular weight excluding hydrogens is 314 g/mol. The quantitative estimate of drug-likeness (QED) is 0.586. The summed E-state index contributed by atoms with van der Waals surface area (Å²) in [6, 6.07) is 15.1. The van der Waals surface area contributed by atoms with Crippen LogP contribution >= 0.6 is 0 Å². The zero-order valence-corrected chi connectivity index (χ0v) is 14.4. The van der Waals surface area contributed by atoms with Crippen molar-refractivity contribution in [2.45, 2.75) is 13.8 Å². The minimum atomic E-state index is -0.258. The molecule has 2 aromatic carbocycles. The first kappa shape index (κ1) is 16.6. The number of ether oxygens (including phenoxy) is 1. The molecular formula is C20H19N3O2. The summed E-state index contributed by atoms with van der Waals surface area (Å²) in [6.45, 7) is 3.86. The van der Waals surface area contributed by atoms with Crippen LogP contribution < -0.4 is 10.2 Å². The highest BCUT2D eigenvalue weighted by atomic mass is 16.5. The van der Waals surface area contributed by atoms with Crippen molar-refractivity contribution in [1.82, 2.24) is 10.4 Å². The SMILES string of the molecule is COc1ccc(C=NNC(=O)c2cc(C)nc3ccc(C)cc23)cc1. The Balaban J connectivity index is 1.82. The molecule has 0 saturated heterocycles. The maximum absolute atomic E-state index is 12.5. The third kappa shape index (κ3) is 3.83. The number of hydrazone groups is 1. The van der Waals surface area contributed by atoms with Crippen molar-refractivity contribution in [3.63, 3.8) is 0 Å². The standard InChI is InChI=1S/C20H19N3O2/c1-13-4-9-19-17(10-13)18(11-14(2)22-19)20(24)23-21-12-15-5-7-16(25-3)8-6-15/h4-12H,1-3H3,(H,23,24). The molecule has 0 aliphatic heterocycles. The number of hydrogen-bond donors (Lipinski definition) is 1. The molecule has 0 atom stereocenters. The number of rotatable bonds is 4. The predicted octanol–water partition coefficient (Wildman–Crippen LogP) is 3.62. The van der Waals surface area contributed by atoms with Crippen LogP contribution in [0.15, 0.2) is 53.6 Å². The maximum atomic E-state index is 12.5. The third-order valence-corrected chi connectivity index (χ3v) is 3.83. The van der Waals surface area contributed by atoms with E-state index in [-0.39, 0.29) is 5.91 Å². The molecule has 0 aliphatic carbocycles. The second-order valence-corrected chi connectivity index (χ2v) is 5.80. The molecule has 0 radical (unpaired) electrons. The van der Waals surface area contributed by atoms with Crippen LogP contribution in [-0.2, 0) is 0 Å². The van der Waals surface area contributed by atoms with Gasteiger partial charge < -0.3 is 4.74 Å². The number of carbonyl (C=O) groups is 1. The first-order valence-corrected chi connectivity index (χ1v) is 7.92. The molecule has 126 valence electrons. The Morgan fingerprint density at radius 3 is 2.60 bits per heavy atom. The Bertz CT molecular complexity index is 947. The van der Waals surface area contributed by atoms with Crippen molar-refractivity contribution >= 4 is 23.0 Å². The Kier molecular flexibility index (Phi) is 4.75. The largest absolute Gasteiger partial charge is 0.497 e. The second kappa shape index (κ2) is 7.13. The van der Waals surface area contributed by atoms with Crippen molar-refractivity contribution in [1.29, 1.82) is 0 Å². The number of methoxy groups -OCH3 is 1. The number of carbonyl (C=O) groups excluding carboxylic acids is 1. The molecule has 5 heteroatoms. The lowest BCUT2D eigenvalue weighted by Crippen LogP contribution is -2.18. The molecule has 5 nitrogen and oxygen atoms in total. The number of aromatic nitrogens is 1. The van der Waals surface area contributed by atoms with Gasteiger partial charge in [-0.3, -0.25) is 9.78 Å². The predicted molar refractivity (Wildman–Crippen MR) is 99.3 cm³/mol. The summed E-state index contributed by atoms with van der Waals surface area (Å²) in [4.78, 5) is 17.0. The van der Waals surface area contributed by atoms with E-state index in [2.05, 4.69) is 15.5 Å². The van der Waals surface area contributed by atoms with E-state index in [0.717, 1.165) is 33.5 Å². The van der Waals surface area contributed by atoms with Gasteiger partial charge >= 0.3 is 0 Å². The van der Waals surface area contributed by atoms with Gasteiger partial charge in [-0.1, -0.05) is 11.6 Å². The van der Waals surface area contributed by atoms with Gasteiger partial charge in [0.2, 0.25) is 0 Å². The van der Waals surface area contributed by atoms with E-state index in [9.17, 15) is 4.79 Å². The highest BCUT2D eigenvalue weighted by Gasteiger charge is 2.11. The van der Waals surface area contributed by atoms with Crippen LogP contribution in [0.3, 0.4) is 0 Å². The van der Waals surface area contributed by atoms with Gasteiger partial charge in [0.25, 0.3) is 5.91 Å². The van der Waals surface area contributed by atoms with E-state index < -0.39 is 0 Å². The second-order valence-electron chi connectivity index (χ2n) is 5.80. The fraction of sp³-hybridized carbons (Fsp3) is 0.150. The minimum Gasteiger partial charge on any atom is -0.497 e. The molecule has 25 heavy (non-hydrogen) atoms. The summed E-state index contributed by atoms with van der Waals surface area (Å²) in [5, 5.41) is 4.87. The molecule has 0 saturated carbocycles. The average molecular weight is 333 g/mol. The first-order chi connectivity index (χ1) is 12.1. The van der Waals surface area contributed by atoms with Gasteiger partial charge in [-0.2, -0.15) is 5.10 Å². The van der Waals surface area contributed by atoms with E-state index in [4.69, 9.17) is 4.74 Å². The van der Waals surface area contributed by atoms with Crippen LogP contribution in [0.25, 0.3) is 10.9 Å². The fourth-order valence-electron chi connectivity index (χ4n) is 2.58. The van der Waals surface area contributed by atoms with Gasteiger partial charge in [-0.05, 0) is 61.9 Å². The Morgan fingerprint density at radius 1 is 1.12 bits per heavy atom. The van der Waals surface area contributed by atoms with Gasteiger partial charge in [0.05, 0.1) is 24.4 Å². The highest BCUT2D eigenvalue weighted by Crippen LogP contribution is 2.20. The number of nitrogens with one attached hydrogen (secondary N) is 1. The van der Waals surface area contributed by atoms with Crippen LogP contribution in [0.4, 0.5) is 0 Å². The molecule has 0 spiro atoms. The van der Waals surface area contributed by atoms with Gasteiger partial charge in [0, 0.05) is 11.1 Å². The number of nitrogens with zero attached hydrogens (tertiary/aromatic N) is 2. The Hall–Kier alpha value is -3.21. The van der Waals surface area contributed by atoms with Crippen LogP contribution in [0, 0.1) is 13.8 Å². The first-order valence-electron chi connectivity index (χ1n) is 7.92. The summed E-state index contributed by atoms with van der Waals surface area (Å²) in [7, 11) is 1.62. The number of pyridine rings is 1. The van der Waals surface area contributed by atoms with Crippen LogP contribution in [0.1, 0.15) is 27.2 Å². The molecule has 1 N–H and O–H groups in total. The van der Waals surface area contributed by atoms with E-state index in [1.165, 1.54) is 0 Å². The number of aryl methyl sites for hydroxylation is 2. The van der Waals surface area contributed by atoms with E-state index in [0.29, 0.717) is 5.56 Å². The van der Waals surface area contributed by atoms with E-state index in [1.54, 1.807) is 19.4 Å². The topological polar surface area (TPSA) is 63.6 Å². The number of hydrogen-bond acceptors (Lipinski definition) is 4. The normalized spacial score (nSPS) is 11.0. The van der Waals surface area contributed by atoms with Crippen LogP contribution in [0.2, 0.25) is 0 Å². The summed E-state index contributed by atoms with van der Waals surface area (Å²) < 4.78 is 5.11. The van der Waals surface area contributed by atoms with Crippen molar-refractivity contribution < 1.29 is 9.53 Å². The van der Waals surface area contributed by atoms with Crippen molar-refractivity contribution in [2.24, 2.45) is 5.10 Å². The van der Waals surface area contributed by atoms with Crippen molar-refractivity contribution in [2.75, 3.05) is 7.11 Å². The smallest absolute Gasteiger partial charge is 0.272 e. The average Bonchev–Trinajstić information content (AvgIpc) is 2.62. The summed E-state index contributed by atoms with van der Waals surface area (Å²) >= 11 is 0. The minimum absolute atomic E-state index is 0.258. The Morgan fingerprint density at radius 2 is 1.88 bits per heavy atom. The monoisotopic (exact) mass is 333 g/mol. The van der Waals surface area contributed by atoms with Gasteiger partial charge in [-0.15, -0.1) is 0 Å². The van der Waals surface area contributed by atoms with E-state index in [1.807, 2.05) is 56.3 Å². The molecule has 3 rings (SSSR count). The summed E-state index contributed by atoms with van der Waals surface area (Å²) in [5.74, 6) is 0.515. The van der Waals surface area contributed by atoms with Crippen molar-refractivity contribution in [3.05, 3.63) is 70.9 Å². The van der Waals surface area contributed by atoms with Crippen molar-refractivity contribution in [3.8, 4) is 5.75 Å². The molecule has 1 amide bonds. The molecule has 0 aliphatic rings. The summed E-state index contributed by atoms with van der Waals surface area (Å²) in [5.41, 5.74) is 6.69. The van der Waals surface area contributed by atoms with Crippen LogP contribution in [0.5, 0.6) is 5.75 Å². The zero-order chi connectivity index (χ0) is 17.8. The third-order valence-electron chi connectivity index (χ3n) is 3.83. The number of amides is 1.